The number of hydrogen-bond donors (Lipinski definition) is 1. The lowest BCUT2D eigenvalue weighted by Crippen LogP contribution is -2.11. The molecule has 0 aliphatic rings. The zero-order chi connectivity index (χ0) is 32.7. The maximum Gasteiger partial charge on any atom is 0.229 e. The summed E-state index contributed by atoms with van der Waals surface area (Å²) in [6.07, 6.45) is 1.71. The van der Waals surface area contributed by atoms with Crippen LogP contribution in [0.25, 0.3) is 55.6 Å². The van der Waals surface area contributed by atoms with E-state index < -0.39 is 0 Å². The third-order valence-electron chi connectivity index (χ3n) is 8.86. The first-order valence-corrected chi connectivity index (χ1v) is 16.2. The normalized spacial score (nSPS) is 12.1. The van der Waals surface area contributed by atoms with Crippen molar-refractivity contribution in [3.8, 4) is 39.5 Å². The number of oxazole rings is 1. The summed E-state index contributed by atoms with van der Waals surface area (Å²) in [7, 11) is 0. The number of nitrogens with zero attached hydrogens (tertiary/aromatic N) is 2. The van der Waals surface area contributed by atoms with Crippen molar-refractivity contribution in [3.05, 3.63) is 138 Å². The second kappa shape index (κ2) is 12.0. The van der Waals surface area contributed by atoms with Crippen LogP contribution >= 0.6 is 0 Å². The first-order valence-electron chi connectivity index (χ1n) is 16.2. The van der Waals surface area contributed by atoms with Crippen molar-refractivity contribution in [2.75, 3.05) is 0 Å². The highest BCUT2D eigenvalue weighted by Gasteiger charge is 2.19. The zero-order valence-corrected chi connectivity index (χ0v) is 27.5. The van der Waals surface area contributed by atoms with Gasteiger partial charge in [-0.1, -0.05) is 120 Å². The van der Waals surface area contributed by atoms with E-state index >= 15 is 0 Å². The van der Waals surface area contributed by atoms with Gasteiger partial charge in [-0.15, -0.1) is 0 Å². The van der Waals surface area contributed by atoms with Crippen molar-refractivity contribution in [2.24, 2.45) is 4.99 Å². The van der Waals surface area contributed by atoms with Crippen molar-refractivity contribution >= 4 is 33.8 Å². The lowest BCUT2D eigenvalue weighted by Gasteiger charge is -2.19. The number of phenols is 1. The maximum atomic E-state index is 10.6. The number of aliphatic imine (C=N–C) groups is 1. The van der Waals surface area contributed by atoms with E-state index in [1.54, 1.807) is 12.3 Å². The lowest BCUT2D eigenvalue weighted by molar-refractivity contribution is 0.473. The van der Waals surface area contributed by atoms with Crippen molar-refractivity contribution in [1.82, 2.24) is 4.98 Å². The molecule has 7 aromatic rings. The van der Waals surface area contributed by atoms with Crippen molar-refractivity contribution in [3.63, 3.8) is 0 Å². The van der Waals surface area contributed by atoms with Gasteiger partial charge in [-0.2, -0.15) is 0 Å². The minimum absolute atomic E-state index is 0.0521. The number of hydrogen-bond acceptors (Lipinski definition) is 4. The number of fused-ring (bicyclic) bond motifs is 2. The van der Waals surface area contributed by atoms with Gasteiger partial charge in [-0.25, -0.2) is 4.98 Å². The molecule has 0 bridgehead atoms. The van der Waals surface area contributed by atoms with Crippen molar-refractivity contribution in [2.45, 2.75) is 46.0 Å². The molecule has 47 heavy (non-hydrogen) atoms. The van der Waals surface area contributed by atoms with Crippen LogP contribution in [0.15, 0.2) is 131 Å². The van der Waals surface area contributed by atoms with Gasteiger partial charge in [0.05, 0.1) is 11.3 Å². The molecule has 1 N–H and O–H groups in total. The quantitative estimate of drug-likeness (QED) is 0.190. The molecule has 0 saturated heterocycles. The number of benzene rings is 6. The van der Waals surface area contributed by atoms with Crippen LogP contribution in [0, 0.1) is 0 Å². The van der Waals surface area contributed by atoms with Gasteiger partial charge in [0.15, 0.2) is 5.58 Å². The fourth-order valence-corrected chi connectivity index (χ4v) is 6.07. The summed E-state index contributed by atoms with van der Waals surface area (Å²) in [6, 6.07) is 41.5. The number of aromatic hydroxyl groups is 1. The molecule has 0 spiro atoms. The van der Waals surface area contributed by atoms with Crippen LogP contribution in [-0.2, 0) is 5.41 Å². The third kappa shape index (κ3) is 5.95. The molecule has 0 radical (unpaired) electrons. The SMILES string of the molecule is CC(C)c1ccc(-c2cc(-c3cccc4ccccc34)c3nc(-c4ccccc4N=Cc4cc(C(C)(C)C)ccc4O)oc3c2)cc1. The van der Waals surface area contributed by atoms with Crippen LogP contribution in [-0.4, -0.2) is 16.3 Å². The Morgan fingerprint density at radius 2 is 1.45 bits per heavy atom. The largest absolute Gasteiger partial charge is 0.507 e. The van der Waals surface area contributed by atoms with E-state index in [9.17, 15) is 5.11 Å². The van der Waals surface area contributed by atoms with Gasteiger partial charge in [0, 0.05) is 17.3 Å². The van der Waals surface area contributed by atoms with Gasteiger partial charge in [0.2, 0.25) is 5.89 Å². The summed E-state index contributed by atoms with van der Waals surface area (Å²) in [5.74, 6) is 1.15. The fraction of sp³-hybridized carbons (Fsp3) is 0.163. The maximum absolute atomic E-state index is 10.6. The van der Waals surface area contributed by atoms with Gasteiger partial charge < -0.3 is 9.52 Å². The van der Waals surface area contributed by atoms with Gasteiger partial charge >= 0.3 is 0 Å². The zero-order valence-electron chi connectivity index (χ0n) is 27.5. The number of aromatic nitrogens is 1. The predicted octanol–water partition coefficient (Wildman–Crippen LogP) is 11.9. The molecule has 232 valence electrons. The van der Waals surface area contributed by atoms with Crippen LogP contribution in [0.5, 0.6) is 5.75 Å². The highest BCUT2D eigenvalue weighted by molar-refractivity contribution is 6.05. The van der Waals surface area contributed by atoms with E-state index in [0.717, 1.165) is 44.3 Å². The smallest absolute Gasteiger partial charge is 0.229 e. The average molecular weight is 615 g/mol. The summed E-state index contributed by atoms with van der Waals surface area (Å²) in [4.78, 5) is 9.96. The second-order valence-corrected chi connectivity index (χ2v) is 13.5. The second-order valence-electron chi connectivity index (χ2n) is 13.5. The topological polar surface area (TPSA) is 58.6 Å². The molecule has 0 unspecified atom stereocenters. The summed E-state index contributed by atoms with van der Waals surface area (Å²) in [5.41, 5.74) is 10.3. The van der Waals surface area contributed by atoms with Gasteiger partial charge in [0.25, 0.3) is 0 Å². The lowest BCUT2D eigenvalue weighted by atomic mass is 9.86. The summed E-state index contributed by atoms with van der Waals surface area (Å²) in [6.45, 7) is 10.9. The van der Waals surface area contributed by atoms with E-state index in [1.807, 2.05) is 36.4 Å². The molecular weight excluding hydrogens is 576 g/mol. The first-order chi connectivity index (χ1) is 22.7. The van der Waals surface area contributed by atoms with Crippen LogP contribution < -0.4 is 0 Å². The van der Waals surface area contributed by atoms with E-state index in [1.165, 1.54) is 10.9 Å². The monoisotopic (exact) mass is 614 g/mol. The van der Waals surface area contributed by atoms with E-state index in [0.29, 0.717) is 28.6 Å². The Morgan fingerprint density at radius 1 is 0.723 bits per heavy atom. The first kappa shape index (κ1) is 30.2. The molecule has 1 aromatic heterocycles. The third-order valence-corrected chi connectivity index (χ3v) is 8.86. The molecule has 4 nitrogen and oxygen atoms in total. The molecule has 7 rings (SSSR count). The number of para-hydroxylation sites is 1. The minimum atomic E-state index is -0.0521. The Kier molecular flexibility index (Phi) is 7.73. The van der Waals surface area contributed by atoms with Crippen molar-refractivity contribution in [1.29, 1.82) is 0 Å². The summed E-state index contributed by atoms with van der Waals surface area (Å²) < 4.78 is 6.60. The van der Waals surface area contributed by atoms with Gasteiger partial charge in [0.1, 0.15) is 11.3 Å². The number of rotatable bonds is 6. The van der Waals surface area contributed by atoms with Crippen LogP contribution in [0.4, 0.5) is 5.69 Å². The van der Waals surface area contributed by atoms with Crippen LogP contribution in [0.2, 0.25) is 0 Å². The van der Waals surface area contributed by atoms with Crippen LogP contribution in [0.3, 0.4) is 0 Å². The van der Waals surface area contributed by atoms with Gasteiger partial charge in [-0.05, 0) is 86.3 Å². The molecule has 0 saturated carbocycles. The Morgan fingerprint density at radius 3 is 2.23 bits per heavy atom. The average Bonchev–Trinajstić information content (AvgIpc) is 3.51. The molecule has 0 aliphatic carbocycles. The Hall–Kier alpha value is -5.48. The molecule has 0 atom stereocenters. The van der Waals surface area contributed by atoms with Crippen LogP contribution in [0.1, 0.15) is 57.2 Å². The molecule has 1 heterocycles. The Labute approximate surface area is 276 Å². The minimum Gasteiger partial charge on any atom is -0.507 e. The van der Waals surface area contributed by atoms with Gasteiger partial charge in [-0.3, -0.25) is 4.99 Å². The predicted molar refractivity (Wildman–Crippen MR) is 196 cm³/mol. The fourth-order valence-electron chi connectivity index (χ4n) is 6.07. The molecule has 4 heteroatoms. The molecule has 0 fully saturated rings. The summed E-state index contributed by atoms with van der Waals surface area (Å²) in [5, 5.41) is 12.9. The van der Waals surface area contributed by atoms with E-state index in [4.69, 9.17) is 14.4 Å². The molecular formula is C43H38N2O2. The standard InChI is InChI=1S/C43H38N2O2/c1-27(2)28-17-19-29(20-18-28)31-24-37(35-15-10-12-30-11-6-7-13-34(30)35)41-40(25-31)47-42(45-41)36-14-8-9-16-38(36)44-26-32-23-33(43(3,4)5)21-22-39(32)46/h6-27,46H,1-5H3. The molecule has 0 aliphatic heterocycles. The molecule has 6 aromatic carbocycles. The van der Waals surface area contributed by atoms with E-state index in [-0.39, 0.29) is 11.2 Å². The summed E-state index contributed by atoms with van der Waals surface area (Å²) >= 11 is 0. The molecule has 0 amide bonds. The highest BCUT2D eigenvalue weighted by atomic mass is 16.3. The van der Waals surface area contributed by atoms with Crippen molar-refractivity contribution < 1.29 is 9.52 Å². The Bertz CT molecular complexity index is 2260. The highest BCUT2D eigenvalue weighted by Crippen LogP contribution is 2.40. The number of phenolic OH excluding ortho intramolecular Hbond substituents is 1. The van der Waals surface area contributed by atoms with E-state index in [2.05, 4.69) is 113 Å². The Balaban J connectivity index is 1.38.